The molecule has 1 aliphatic rings. The van der Waals surface area contributed by atoms with E-state index in [9.17, 15) is 8.42 Å². The Morgan fingerprint density at radius 1 is 1.33 bits per heavy atom. The van der Waals surface area contributed by atoms with E-state index in [1.54, 1.807) is 11.2 Å². The third kappa shape index (κ3) is 3.84. The van der Waals surface area contributed by atoms with E-state index in [0.29, 0.717) is 28.7 Å². The largest absolute Gasteiger partial charge is 0.318 e. The highest BCUT2D eigenvalue weighted by atomic mass is 35.5. The van der Waals surface area contributed by atoms with Gasteiger partial charge in [0.15, 0.2) is 0 Å². The van der Waals surface area contributed by atoms with Crippen LogP contribution in [0.4, 0.5) is 0 Å². The van der Waals surface area contributed by atoms with Crippen LogP contribution in [0.5, 0.6) is 0 Å². The van der Waals surface area contributed by atoms with Gasteiger partial charge in [0.1, 0.15) is 0 Å². The summed E-state index contributed by atoms with van der Waals surface area (Å²) in [4.78, 5) is 0.168. The molecule has 1 atom stereocenters. The Kier molecular flexibility index (Phi) is 6.78. The smallest absolute Gasteiger partial charge is 0.243 e. The Morgan fingerprint density at radius 2 is 1.90 bits per heavy atom. The van der Waals surface area contributed by atoms with Gasteiger partial charge in [-0.2, -0.15) is 4.31 Å². The van der Waals surface area contributed by atoms with E-state index in [1.807, 2.05) is 7.05 Å². The summed E-state index contributed by atoms with van der Waals surface area (Å²) in [5, 5.41) is 3.79. The van der Waals surface area contributed by atoms with Crippen LogP contribution in [-0.4, -0.2) is 38.9 Å². The van der Waals surface area contributed by atoms with E-state index >= 15 is 0 Å². The molecule has 4 nitrogen and oxygen atoms in total. The summed E-state index contributed by atoms with van der Waals surface area (Å²) in [6.07, 6.45) is 1.74. The first-order valence-corrected chi connectivity index (χ1v) is 8.69. The molecule has 0 spiro atoms. The zero-order valence-electron chi connectivity index (χ0n) is 11.9. The van der Waals surface area contributed by atoms with Crippen molar-refractivity contribution in [2.45, 2.75) is 30.7 Å². The highest BCUT2D eigenvalue weighted by Gasteiger charge is 2.35. The Morgan fingerprint density at radius 3 is 2.43 bits per heavy atom. The molecular formula is C13H19Cl3N2O2S. The molecule has 21 heavy (non-hydrogen) atoms. The zero-order valence-corrected chi connectivity index (χ0v) is 15.0. The monoisotopic (exact) mass is 372 g/mol. The predicted octanol–water partition coefficient (Wildman–Crippen LogP) is 3.10. The summed E-state index contributed by atoms with van der Waals surface area (Å²) in [5.41, 5.74) is 0.695. The lowest BCUT2D eigenvalue weighted by molar-refractivity contribution is 0.379. The molecule has 1 aromatic rings. The fourth-order valence-corrected chi connectivity index (χ4v) is 4.83. The van der Waals surface area contributed by atoms with Crippen molar-refractivity contribution in [3.05, 3.63) is 27.7 Å². The molecule has 0 radical (unpaired) electrons. The van der Waals surface area contributed by atoms with Crippen LogP contribution in [0.1, 0.15) is 18.4 Å². The minimum atomic E-state index is -3.55. The summed E-state index contributed by atoms with van der Waals surface area (Å²) >= 11 is 12.1. The topological polar surface area (TPSA) is 49.4 Å². The lowest BCUT2D eigenvalue weighted by Gasteiger charge is -2.24. The first-order valence-electron chi connectivity index (χ1n) is 6.50. The van der Waals surface area contributed by atoms with Crippen LogP contribution >= 0.6 is 35.6 Å². The first-order chi connectivity index (χ1) is 9.37. The van der Waals surface area contributed by atoms with Crippen LogP contribution in [0.25, 0.3) is 0 Å². The molecule has 1 unspecified atom stereocenters. The maximum Gasteiger partial charge on any atom is 0.243 e. The van der Waals surface area contributed by atoms with Crippen molar-refractivity contribution >= 4 is 45.6 Å². The molecule has 0 aromatic heterocycles. The number of sulfonamides is 1. The van der Waals surface area contributed by atoms with Gasteiger partial charge in [-0.25, -0.2) is 8.42 Å². The molecule has 1 saturated heterocycles. The molecular weight excluding hydrogens is 355 g/mol. The second-order valence-electron chi connectivity index (χ2n) is 4.98. The highest BCUT2D eigenvalue weighted by Crippen LogP contribution is 2.31. The van der Waals surface area contributed by atoms with Gasteiger partial charge in [0, 0.05) is 29.2 Å². The maximum absolute atomic E-state index is 12.7. The van der Waals surface area contributed by atoms with Gasteiger partial charge in [0.2, 0.25) is 10.0 Å². The van der Waals surface area contributed by atoms with Crippen molar-refractivity contribution in [3.63, 3.8) is 0 Å². The molecule has 1 aromatic carbocycles. The second kappa shape index (κ2) is 7.49. The van der Waals surface area contributed by atoms with E-state index in [-0.39, 0.29) is 23.3 Å². The Labute approximate surface area is 142 Å². The molecule has 120 valence electrons. The van der Waals surface area contributed by atoms with E-state index in [0.717, 1.165) is 12.8 Å². The second-order valence-corrected chi connectivity index (χ2v) is 7.69. The van der Waals surface area contributed by atoms with Crippen molar-refractivity contribution in [2.75, 3.05) is 20.1 Å². The Bertz CT molecular complexity index is 584. The summed E-state index contributed by atoms with van der Waals surface area (Å²) in [6, 6.07) is 2.95. The number of halogens is 3. The van der Waals surface area contributed by atoms with Crippen LogP contribution in [-0.2, 0) is 10.0 Å². The van der Waals surface area contributed by atoms with Gasteiger partial charge in [-0.3, -0.25) is 0 Å². The number of rotatable bonds is 4. The quantitative estimate of drug-likeness (QED) is 0.882. The lowest BCUT2D eigenvalue weighted by atomic mass is 10.2. The Hall–Kier alpha value is -0.0400. The normalized spacial score (nSPS) is 19.5. The van der Waals surface area contributed by atoms with Gasteiger partial charge in [0.05, 0.1) is 4.90 Å². The van der Waals surface area contributed by atoms with Crippen LogP contribution in [0.2, 0.25) is 10.0 Å². The molecule has 1 fully saturated rings. The number of nitrogens with zero attached hydrogens (tertiary/aromatic N) is 1. The molecule has 1 aliphatic heterocycles. The third-order valence-corrected chi connectivity index (χ3v) is 6.34. The molecule has 1 N–H and O–H groups in total. The fourth-order valence-electron chi connectivity index (χ4n) is 2.47. The maximum atomic E-state index is 12.7. The number of hydrogen-bond acceptors (Lipinski definition) is 3. The van der Waals surface area contributed by atoms with E-state index < -0.39 is 10.0 Å². The minimum absolute atomic E-state index is 0. The van der Waals surface area contributed by atoms with E-state index in [2.05, 4.69) is 5.32 Å². The van der Waals surface area contributed by atoms with Crippen LogP contribution in [0.3, 0.4) is 0 Å². The van der Waals surface area contributed by atoms with Gasteiger partial charge < -0.3 is 5.32 Å². The summed E-state index contributed by atoms with van der Waals surface area (Å²) < 4.78 is 27.0. The van der Waals surface area contributed by atoms with Gasteiger partial charge in [-0.15, -0.1) is 12.4 Å². The first kappa shape index (κ1) is 19.0. The van der Waals surface area contributed by atoms with Crippen molar-refractivity contribution in [2.24, 2.45) is 0 Å². The van der Waals surface area contributed by atoms with Crippen molar-refractivity contribution in [1.82, 2.24) is 9.62 Å². The molecule has 2 rings (SSSR count). The average molecular weight is 374 g/mol. The van der Waals surface area contributed by atoms with Crippen LogP contribution in [0.15, 0.2) is 17.0 Å². The molecule has 1 heterocycles. The SMILES string of the molecule is CNCC1CCCN1S(=O)(=O)c1cc(Cl)c(C)c(Cl)c1.Cl. The van der Waals surface area contributed by atoms with Crippen molar-refractivity contribution in [1.29, 1.82) is 0 Å². The number of nitrogens with one attached hydrogen (secondary N) is 1. The highest BCUT2D eigenvalue weighted by molar-refractivity contribution is 7.89. The summed E-state index contributed by atoms with van der Waals surface area (Å²) in [5.74, 6) is 0. The average Bonchev–Trinajstić information content (AvgIpc) is 2.84. The molecule has 0 aliphatic carbocycles. The van der Waals surface area contributed by atoms with Gasteiger partial charge in [-0.05, 0) is 44.5 Å². The molecule has 0 bridgehead atoms. The van der Waals surface area contributed by atoms with E-state index in [1.165, 1.54) is 12.1 Å². The van der Waals surface area contributed by atoms with E-state index in [4.69, 9.17) is 23.2 Å². The Balaban J connectivity index is 0.00000220. The molecule has 0 amide bonds. The van der Waals surface area contributed by atoms with Gasteiger partial charge >= 0.3 is 0 Å². The number of hydrogen-bond donors (Lipinski definition) is 1. The van der Waals surface area contributed by atoms with Crippen molar-refractivity contribution in [3.8, 4) is 0 Å². The number of benzene rings is 1. The number of likely N-dealkylation sites (N-methyl/N-ethyl adjacent to an activating group) is 1. The summed E-state index contributed by atoms with van der Waals surface area (Å²) in [6.45, 7) is 2.95. The van der Waals surface area contributed by atoms with Crippen LogP contribution in [0, 0.1) is 6.92 Å². The molecule has 8 heteroatoms. The van der Waals surface area contributed by atoms with Crippen molar-refractivity contribution < 1.29 is 8.42 Å². The minimum Gasteiger partial charge on any atom is -0.318 e. The van der Waals surface area contributed by atoms with Gasteiger partial charge in [0.25, 0.3) is 0 Å². The van der Waals surface area contributed by atoms with Crippen LogP contribution < -0.4 is 5.32 Å². The summed E-state index contributed by atoms with van der Waals surface area (Å²) in [7, 11) is -1.73. The predicted molar refractivity (Wildman–Crippen MR) is 89.3 cm³/mol. The lowest BCUT2D eigenvalue weighted by Crippen LogP contribution is -2.40. The standard InChI is InChI=1S/C13H18Cl2N2O2S.ClH/c1-9-12(14)6-11(7-13(9)15)20(18,19)17-5-3-4-10(17)8-16-2;/h6-7,10,16H,3-5,8H2,1-2H3;1H. The third-order valence-electron chi connectivity index (χ3n) is 3.62. The molecule has 0 saturated carbocycles. The fraction of sp³-hybridized carbons (Fsp3) is 0.538. The zero-order chi connectivity index (χ0) is 14.9. The van der Waals surface area contributed by atoms with Gasteiger partial charge in [-0.1, -0.05) is 23.2 Å².